The van der Waals surface area contributed by atoms with Crippen LogP contribution in [0.3, 0.4) is 0 Å². The van der Waals surface area contributed by atoms with Crippen LogP contribution in [-0.2, 0) is 0 Å². The second kappa shape index (κ2) is 3.37. The van der Waals surface area contributed by atoms with Crippen LogP contribution in [0.15, 0.2) is 17.4 Å². The summed E-state index contributed by atoms with van der Waals surface area (Å²) >= 11 is 6.73. The Balaban J connectivity index is 2.46. The van der Waals surface area contributed by atoms with Gasteiger partial charge in [0.05, 0.1) is 9.78 Å². The molecule has 0 bridgehead atoms. The lowest BCUT2D eigenvalue weighted by Crippen LogP contribution is -2.32. The Hall–Kier alpha value is 0.170. The molecule has 4 heteroatoms. The van der Waals surface area contributed by atoms with Gasteiger partial charge >= 0.3 is 0 Å². The highest BCUT2D eigenvalue weighted by atomic mass is 79.9. The van der Waals surface area contributed by atoms with Crippen molar-refractivity contribution in [2.45, 2.75) is 9.78 Å². The highest BCUT2D eigenvalue weighted by molar-refractivity contribution is 9.24. The summed E-state index contributed by atoms with van der Waals surface area (Å²) in [4.78, 5) is 3.95. The zero-order valence-corrected chi connectivity index (χ0v) is 7.76. The van der Waals surface area contributed by atoms with Crippen molar-refractivity contribution in [2.24, 2.45) is 4.99 Å². The number of nitrogens with one attached hydrogen (secondary N) is 1. The molecule has 2 nitrogen and oxygen atoms in total. The zero-order valence-electron chi connectivity index (χ0n) is 4.59. The van der Waals surface area contributed by atoms with E-state index in [2.05, 4.69) is 42.2 Å². The topological polar surface area (TPSA) is 24.4 Å². The zero-order chi connectivity index (χ0) is 6.69. The van der Waals surface area contributed by atoms with Gasteiger partial charge in [-0.25, -0.2) is 0 Å². The highest BCUT2D eigenvalue weighted by Gasteiger charge is 2.11. The standard InChI is InChI=1S/C5H6Br2N2/c6-5(7)4-3-8-1-2-9-4/h1-5,9H. The number of alkyl halides is 2. The van der Waals surface area contributed by atoms with E-state index >= 15 is 0 Å². The van der Waals surface area contributed by atoms with E-state index in [4.69, 9.17) is 0 Å². The van der Waals surface area contributed by atoms with Crippen LogP contribution < -0.4 is 5.32 Å². The molecule has 0 amide bonds. The monoisotopic (exact) mass is 252 g/mol. The van der Waals surface area contributed by atoms with E-state index in [0.29, 0.717) is 0 Å². The van der Waals surface area contributed by atoms with E-state index in [1.165, 1.54) is 0 Å². The predicted molar refractivity (Wildman–Crippen MR) is 46.2 cm³/mol. The summed E-state index contributed by atoms with van der Waals surface area (Å²) in [6, 6.07) is 0.259. The molecule has 0 saturated carbocycles. The average Bonchev–Trinajstić information content (AvgIpc) is 1.90. The van der Waals surface area contributed by atoms with Gasteiger partial charge in [0.15, 0.2) is 0 Å². The van der Waals surface area contributed by atoms with E-state index < -0.39 is 0 Å². The largest absolute Gasteiger partial charge is 0.380 e. The van der Waals surface area contributed by atoms with Crippen LogP contribution in [0.5, 0.6) is 0 Å². The number of hydrogen-bond acceptors (Lipinski definition) is 2. The van der Waals surface area contributed by atoms with Crippen molar-refractivity contribution in [1.29, 1.82) is 0 Å². The van der Waals surface area contributed by atoms with Gasteiger partial charge in [0.2, 0.25) is 0 Å². The summed E-state index contributed by atoms with van der Waals surface area (Å²) < 4.78 is 0.249. The Morgan fingerprint density at radius 2 is 2.33 bits per heavy atom. The fourth-order valence-electron chi connectivity index (χ4n) is 0.520. The molecule has 0 spiro atoms. The van der Waals surface area contributed by atoms with Gasteiger partial charge in [-0.05, 0) is 0 Å². The maximum Gasteiger partial charge on any atom is 0.0949 e. The normalized spacial score (nSPS) is 24.6. The third-order valence-electron chi connectivity index (χ3n) is 0.967. The van der Waals surface area contributed by atoms with Gasteiger partial charge in [0, 0.05) is 18.6 Å². The van der Waals surface area contributed by atoms with Gasteiger partial charge in [-0.2, -0.15) is 0 Å². The van der Waals surface area contributed by atoms with Crippen molar-refractivity contribution in [3.05, 3.63) is 12.4 Å². The summed E-state index contributed by atoms with van der Waals surface area (Å²) in [7, 11) is 0. The van der Waals surface area contributed by atoms with Crippen LogP contribution in [0.1, 0.15) is 0 Å². The quantitative estimate of drug-likeness (QED) is 0.706. The number of nitrogens with zero attached hydrogens (tertiary/aromatic N) is 1. The van der Waals surface area contributed by atoms with Crippen LogP contribution in [-0.4, -0.2) is 16.0 Å². The first-order chi connectivity index (χ1) is 4.30. The van der Waals surface area contributed by atoms with Crippen molar-refractivity contribution in [1.82, 2.24) is 5.32 Å². The Kier molecular flexibility index (Phi) is 2.72. The predicted octanol–water partition coefficient (Wildman–Crippen LogP) is 1.62. The van der Waals surface area contributed by atoms with E-state index in [-0.39, 0.29) is 9.78 Å². The summed E-state index contributed by atoms with van der Waals surface area (Å²) in [6.07, 6.45) is 5.38. The second-order valence-electron chi connectivity index (χ2n) is 1.64. The molecule has 0 aromatic rings. The van der Waals surface area contributed by atoms with Gasteiger partial charge in [-0.15, -0.1) is 0 Å². The average molecular weight is 254 g/mol. The van der Waals surface area contributed by atoms with Gasteiger partial charge in [-0.3, -0.25) is 4.99 Å². The number of hydrogen-bond donors (Lipinski definition) is 1. The van der Waals surface area contributed by atoms with E-state index in [1.54, 1.807) is 6.20 Å². The third-order valence-corrected chi connectivity index (χ3v) is 2.11. The lowest BCUT2D eigenvalue weighted by molar-refractivity contribution is 0.804. The molecule has 0 aromatic carbocycles. The van der Waals surface area contributed by atoms with Crippen molar-refractivity contribution >= 4 is 38.1 Å². The van der Waals surface area contributed by atoms with Crippen molar-refractivity contribution in [3.8, 4) is 0 Å². The summed E-state index contributed by atoms with van der Waals surface area (Å²) in [5, 5.41) is 3.09. The molecule has 0 aliphatic carbocycles. The first kappa shape index (κ1) is 7.28. The Morgan fingerprint density at radius 3 is 2.67 bits per heavy atom. The molecule has 1 aliphatic heterocycles. The van der Waals surface area contributed by atoms with E-state index in [9.17, 15) is 0 Å². The van der Waals surface area contributed by atoms with Gasteiger partial charge in [0.25, 0.3) is 0 Å². The maximum atomic E-state index is 3.95. The van der Waals surface area contributed by atoms with Crippen LogP contribution in [0.25, 0.3) is 0 Å². The lowest BCUT2D eigenvalue weighted by atomic mass is 10.3. The van der Waals surface area contributed by atoms with Crippen molar-refractivity contribution in [2.75, 3.05) is 0 Å². The van der Waals surface area contributed by atoms with Gasteiger partial charge < -0.3 is 5.32 Å². The molecule has 0 fully saturated rings. The minimum Gasteiger partial charge on any atom is -0.380 e. The molecule has 1 atom stereocenters. The maximum absolute atomic E-state index is 3.95. The van der Waals surface area contributed by atoms with Crippen LogP contribution in [0, 0.1) is 0 Å². The number of rotatable bonds is 1. The minimum atomic E-state index is 0.249. The molecule has 1 unspecified atom stereocenters. The molecule has 0 radical (unpaired) electrons. The first-order valence-electron chi connectivity index (χ1n) is 2.53. The number of halogens is 2. The summed E-state index contributed by atoms with van der Waals surface area (Å²) in [6.45, 7) is 0. The Labute approximate surface area is 70.7 Å². The molecule has 1 heterocycles. The molecular formula is C5H6Br2N2. The lowest BCUT2D eigenvalue weighted by Gasteiger charge is -2.15. The highest BCUT2D eigenvalue weighted by Crippen LogP contribution is 2.12. The van der Waals surface area contributed by atoms with Crippen LogP contribution >= 0.6 is 31.9 Å². The minimum absolute atomic E-state index is 0.249. The molecule has 9 heavy (non-hydrogen) atoms. The second-order valence-corrected chi connectivity index (χ2v) is 4.84. The fraction of sp³-hybridized carbons (Fsp3) is 0.400. The van der Waals surface area contributed by atoms with Crippen molar-refractivity contribution < 1.29 is 0 Å². The van der Waals surface area contributed by atoms with E-state index in [1.807, 2.05) is 12.4 Å². The SMILES string of the molecule is BrC(Br)C1C=NC=CN1. The Morgan fingerprint density at radius 1 is 1.56 bits per heavy atom. The molecule has 0 saturated heterocycles. The Bertz CT molecular complexity index is 142. The molecule has 0 aromatic heterocycles. The molecule has 1 N–H and O–H groups in total. The molecule has 1 aliphatic rings. The number of aliphatic imine (C=N–C) groups is 1. The van der Waals surface area contributed by atoms with Gasteiger partial charge in [-0.1, -0.05) is 31.9 Å². The molecule has 50 valence electrons. The molecular weight excluding hydrogens is 248 g/mol. The third kappa shape index (κ3) is 2.10. The van der Waals surface area contributed by atoms with Crippen LogP contribution in [0.4, 0.5) is 0 Å². The fourth-order valence-corrected chi connectivity index (χ4v) is 1.10. The smallest absolute Gasteiger partial charge is 0.0949 e. The first-order valence-corrected chi connectivity index (χ1v) is 4.36. The molecule has 1 rings (SSSR count). The summed E-state index contributed by atoms with van der Waals surface area (Å²) in [5.74, 6) is 0. The van der Waals surface area contributed by atoms with E-state index in [0.717, 1.165) is 0 Å². The van der Waals surface area contributed by atoms with Crippen LogP contribution in [0.2, 0.25) is 0 Å². The van der Waals surface area contributed by atoms with Crippen molar-refractivity contribution in [3.63, 3.8) is 0 Å². The van der Waals surface area contributed by atoms with Gasteiger partial charge in [0.1, 0.15) is 0 Å². The summed E-state index contributed by atoms with van der Waals surface area (Å²) in [5.41, 5.74) is 0.